The molecule has 2 aromatic heterocycles. The molecule has 4 rings (SSSR count). The largest absolute Gasteiger partial charge is 0.290 e. The van der Waals surface area contributed by atoms with Crippen LogP contribution >= 0.6 is 22.9 Å². The molecular formula is C20H22ClN3O2S2. The molecule has 1 aliphatic rings. The SMILES string of the molecule is Cc1nn(-c2ccccc2)c(Cl)c1CN(Cc1cccs1)[C@H]1CCS(=O)(=O)C1. The predicted molar refractivity (Wildman–Crippen MR) is 114 cm³/mol. The van der Waals surface area contributed by atoms with Crippen molar-refractivity contribution in [1.82, 2.24) is 14.7 Å². The maximum Gasteiger partial charge on any atom is 0.151 e. The van der Waals surface area contributed by atoms with Gasteiger partial charge in [0.15, 0.2) is 9.84 Å². The Bertz CT molecular complexity index is 1050. The summed E-state index contributed by atoms with van der Waals surface area (Å²) in [6, 6.07) is 13.9. The second-order valence-corrected chi connectivity index (χ2v) is 10.8. The molecule has 148 valence electrons. The van der Waals surface area contributed by atoms with Crippen molar-refractivity contribution >= 4 is 32.8 Å². The van der Waals surface area contributed by atoms with Gasteiger partial charge in [0.2, 0.25) is 0 Å². The summed E-state index contributed by atoms with van der Waals surface area (Å²) in [5.74, 6) is 0.469. The summed E-state index contributed by atoms with van der Waals surface area (Å²) in [5, 5.41) is 7.26. The van der Waals surface area contributed by atoms with Crippen molar-refractivity contribution in [2.45, 2.75) is 32.5 Å². The molecule has 3 aromatic rings. The van der Waals surface area contributed by atoms with Crippen molar-refractivity contribution in [1.29, 1.82) is 0 Å². The number of aryl methyl sites for hydroxylation is 1. The highest BCUT2D eigenvalue weighted by atomic mass is 35.5. The lowest BCUT2D eigenvalue weighted by molar-refractivity contribution is 0.196. The van der Waals surface area contributed by atoms with E-state index in [1.165, 1.54) is 4.88 Å². The standard InChI is InChI=1S/C20H22ClN3O2S2/c1-15-19(20(21)24(22-15)16-6-3-2-4-7-16)13-23(12-18-8-5-10-27-18)17-9-11-28(25,26)14-17/h2-8,10,17H,9,11-14H2,1H3/t17-/m0/s1. The van der Waals surface area contributed by atoms with E-state index in [1.807, 2.05) is 48.7 Å². The van der Waals surface area contributed by atoms with Gasteiger partial charge in [-0.25, -0.2) is 13.1 Å². The van der Waals surface area contributed by atoms with E-state index in [9.17, 15) is 8.42 Å². The summed E-state index contributed by atoms with van der Waals surface area (Å²) < 4.78 is 25.9. The molecule has 1 aliphatic heterocycles. The smallest absolute Gasteiger partial charge is 0.151 e. The molecule has 8 heteroatoms. The van der Waals surface area contributed by atoms with Gasteiger partial charge < -0.3 is 0 Å². The summed E-state index contributed by atoms with van der Waals surface area (Å²) in [6.45, 7) is 3.25. The molecule has 0 bridgehead atoms. The Labute approximate surface area is 174 Å². The summed E-state index contributed by atoms with van der Waals surface area (Å²) in [4.78, 5) is 3.45. The Kier molecular flexibility index (Phi) is 5.60. The molecule has 0 radical (unpaired) electrons. The molecule has 5 nitrogen and oxygen atoms in total. The quantitative estimate of drug-likeness (QED) is 0.585. The average molecular weight is 436 g/mol. The van der Waals surface area contributed by atoms with E-state index in [2.05, 4.69) is 16.1 Å². The fourth-order valence-electron chi connectivity index (χ4n) is 3.63. The fourth-order valence-corrected chi connectivity index (χ4v) is 6.46. The van der Waals surface area contributed by atoms with Crippen LogP contribution in [0.5, 0.6) is 0 Å². The van der Waals surface area contributed by atoms with Crippen LogP contribution in [-0.4, -0.2) is 40.6 Å². The molecule has 28 heavy (non-hydrogen) atoms. The second-order valence-electron chi connectivity index (χ2n) is 7.14. The lowest BCUT2D eigenvalue weighted by Crippen LogP contribution is -2.35. The lowest BCUT2D eigenvalue weighted by atomic mass is 10.1. The molecule has 3 heterocycles. The van der Waals surface area contributed by atoms with Gasteiger partial charge in [-0.1, -0.05) is 35.9 Å². The van der Waals surface area contributed by atoms with Gasteiger partial charge in [0.25, 0.3) is 0 Å². The maximum atomic E-state index is 12.1. The van der Waals surface area contributed by atoms with Crippen LogP contribution in [0.3, 0.4) is 0 Å². The van der Waals surface area contributed by atoms with Crippen LogP contribution in [0.4, 0.5) is 0 Å². The van der Waals surface area contributed by atoms with Gasteiger partial charge in [-0.2, -0.15) is 5.10 Å². The van der Waals surface area contributed by atoms with Crippen LogP contribution in [0, 0.1) is 6.92 Å². The molecule has 1 saturated heterocycles. The first-order valence-electron chi connectivity index (χ1n) is 9.19. The van der Waals surface area contributed by atoms with Crippen LogP contribution in [0.2, 0.25) is 5.15 Å². The average Bonchev–Trinajstić information content (AvgIpc) is 3.37. The number of thiophene rings is 1. The van der Waals surface area contributed by atoms with Gasteiger partial charge in [0.1, 0.15) is 5.15 Å². The molecular weight excluding hydrogens is 414 g/mol. The van der Waals surface area contributed by atoms with Crippen molar-refractivity contribution in [2.24, 2.45) is 0 Å². The molecule has 1 fully saturated rings. The van der Waals surface area contributed by atoms with E-state index in [4.69, 9.17) is 11.6 Å². The van der Waals surface area contributed by atoms with Crippen LogP contribution < -0.4 is 0 Å². The Hall–Kier alpha value is -1.67. The third-order valence-corrected chi connectivity index (χ3v) is 8.15. The first kappa shape index (κ1) is 19.6. The third-order valence-electron chi connectivity index (χ3n) is 5.15. The zero-order valence-electron chi connectivity index (χ0n) is 15.6. The number of hydrogen-bond donors (Lipinski definition) is 0. The van der Waals surface area contributed by atoms with Crippen molar-refractivity contribution < 1.29 is 8.42 Å². The van der Waals surface area contributed by atoms with E-state index in [1.54, 1.807) is 16.0 Å². The van der Waals surface area contributed by atoms with Crippen LogP contribution in [0.25, 0.3) is 5.69 Å². The van der Waals surface area contributed by atoms with Gasteiger partial charge in [0.05, 0.1) is 22.9 Å². The minimum absolute atomic E-state index is 0.00245. The predicted octanol–water partition coefficient (Wildman–Crippen LogP) is 4.08. The monoisotopic (exact) mass is 435 g/mol. The van der Waals surface area contributed by atoms with Gasteiger partial charge in [-0.3, -0.25) is 4.90 Å². The van der Waals surface area contributed by atoms with Crippen molar-refractivity contribution in [3.63, 3.8) is 0 Å². The number of benzene rings is 1. The molecule has 0 aliphatic carbocycles. The minimum Gasteiger partial charge on any atom is -0.290 e. The van der Waals surface area contributed by atoms with Crippen molar-refractivity contribution in [3.05, 3.63) is 69.1 Å². The highest BCUT2D eigenvalue weighted by Crippen LogP contribution is 2.29. The normalized spacial score (nSPS) is 18.8. The Morgan fingerprint density at radius 2 is 2.00 bits per heavy atom. The number of rotatable bonds is 6. The number of nitrogens with zero attached hydrogens (tertiary/aromatic N) is 3. The lowest BCUT2D eigenvalue weighted by Gasteiger charge is -2.27. The van der Waals surface area contributed by atoms with Crippen molar-refractivity contribution in [3.8, 4) is 5.69 Å². The number of para-hydroxylation sites is 1. The van der Waals surface area contributed by atoms with Gasteiger partial charge in [0, 0.05) is 29.6 Å². The number of hydrogen-bond acceptors (Lipinski definition) is 5. The Morgan fingerprint density at radius 1 is 1.21 bits per heavy atom. The van der Waals surface area contributed by atoms with E-state index in [0.717, 1.165) is 16.9 Å². The molecule has 1 atom stereocenters. The molecule has 0 N–H and O–H groups in total. The molecule has 0 unspecified atom stereocenters. The maximum absolute atomic E-state index is 12.1. The summed E-state index contributed by atoms with van der Waals surface area (Å²) in [5.41, 5.74) is 2.73. The molecule has 0 spiro atoms. The number of aromatic nitrogens is 2. The van der Waals surface area contributed by atoms with Crippen LogP contribution in [0.1, 0.15) is 22.6 Å². The van der Waals surface area contributed by atoms with Crippen LogP contribution in [-0.2, 0) is 22.9 Å². The number of sulfone groups is 1. The molecule has 0 saturated carbocycles. The van der Waals surface area contributed by atoms with Crippen molar-refractivity contribution in [2.75, 3.05) is 11.5 Å². The first-order chi connectivity index (χ1) is 13.4. The first-order valence-corrected chi connectivity index (χ1v) is 12.3. The van der Waals surface area contributed by atoms with Gasteiger partial charge in [-0.15, -0.1) is 11.3 Å². The second kappa shape index (κ2) is 7.99. The van der Waals surface area contributed by atoms with Gasteiger partial charge in [-0.05, 0) is 36.9 Å². The van der Waals surface area contributed by atoms with Gasteiger partial charge >= 0.3 is 0 Å². The highest BCUT2D eigenvalue weighted by Gasteiger charge is 2.33. The highest BCUT2D eigenvalue weighted by molar-refractivity contribution is 7.91. The minimum atomic E-state index is -2.96. The Morgan fingerprint density at radius 3 is 2.64 bits per heavy atom. The van der Waals surface area contributed by atoms with Crippen LogP contribution in [0.15, 0.2) is 47.8 Å². The zero-order chi connectivity index (χ0) is 19.7. The van der Waals surface area contributed by atoms with E-state index >= 15 is 0 Å². The van der Waals surface area contributed by atoms with E-state index < -0.39 is 9.84 Å². The topological polar surface area (TPSA) is 55.2 Å². The zero-order valence-corrected chi connectivity index (χ0v) is 18.0. The summed E-state index contributed by atoms with van der Waals surface area (Å²) in [6.07, 6.45) is 0.664. The van der Waals surface area contributed by atoms with E-state index in [0.29, 0.717) is 24.7 Å². The van der Waals surface area contributed by atoms with E-state index in [-0.39, 0.29) is 17.5 Å². The third kappa shape index (κ3) is 4.17. The molecule has 1 aromatic carbocycles. The number of halogens is 1. The fraction of sp³-hybridized carbons (Fsp3) is 0.350. The molecule has 0 amide bonds. The Balaban J connectivity index is 1.64. The summed E-state index contributed by atoms with van der Waals surface area (Å²) in [7, 11) is -2.96. The summed E-state index contributed by atoms with van der Waals surface area (Å²) >= 11 is 8.40.